The lowest BCUT2D eigenvalue weighted by atomic mass is 9.89. The summed E-state index contributed by atoms with van der Waals surface area (Å²) in [7, 11) is 0. The second kappa shape index (κ2) is 10.3. The van der Waals surface area contributed by atoms with E-state index in [4.69, 9.17) is 4.74 Å². The molecular weight excluding hydrogens is 512 g/mol. The fourth-order valence-electron chi connectivity index (χ4n) is 4.59. The number of carbonyl (C=O) groups is 1. The van der Waals surface area contributed by atoms with Crippen LogP contribution >= 0.6 is 0 Å². The first kappa shape index (κ1) is 27.5. The zero-order valence-electron chi connectivity index (χ0n) is 20.3. The molecule has 2 atom stereocenters. The molecule has 10 heteroatoms. The van der Waals surface area contributed by atoms with Gasteiger partial charge in [0, 0.05) is 11.3 Å². The van der Waals surface area contributed by atoms with Crippen LogP contribution < -0.4 is 9.64 Å². The van der Waals surface area contributed by atoms with Crippen molar-refractivity contribution in [2.75, 3.05) is 11.4 Å². The molecule has 4 rings (SSSR count). The van der Waals surface area contributed by atoms with Gasteiger partial charge in [0.2, 0.25) is 5.91 Å². The maximum absolute atomic E-state index is 13.7. The molecule has 38 heavy (non-hydrogen) atoms. The largest absolute Gasteiger partial charge is 0.489 e. The number of para-hydroxylation sites is 1. The molecule has 0 saturated heterocycles. The predicted molar refractivity (Wildman–Crippen MR) is 129 cm³/mol. The van der Waals surface area contributed by atoms with Crippen LogP contribution in [0.5, 0.6) is 5.75 Å². The van der Waals surface area contributed by atoms with Crippen molar-refractivity contribution in [3.05, 3.63) is 95.6 Å². The van der Waals surface area contributed by atoms with Gasteiger partial charge in [0.25, 0.3) is 5.60 Å². The number of aryl methyl sites for hydroxylation is 1. The molecule has 0 spiro atoms. The summed E-state index contributed by atoms with van der Waals surface area (Å²) in [5, 5.41) is 9.93. The van der Waals surface area contributed by atoms with Gasteiger partial charge < -0.3 is 14.7 Å². The second-order valence-corrected chi connectivity index (χ2v) is 9.22. The highest BCUT2D eigenvalue weighted by Crippen LogP contribution is 2.50. The van der Waals surface area contributed by atoms with Crippen LogP contribution in [0.25, 0.3) is 0 Å². The lowest BCUT2D eigenvalue weighted by molar-refractivity contribution is -0.376. The van der Waals surface area contributed by atoms with E-state index in [9.17, 15) is 36.2 Å². The molecule has 0 saturated carbocycles. The van der Waals surface area contributed by atoms with E-state index < -0.39 is 41.4 Å². The minimum atomic E-state index is -6.01. The number of aliphatic hydroxyl groups is 1. The van der Waals surface area contributed by atoms with Crippen molar-refractivity contribution in [3.63, 3.8) is 0 Å². The Bertz CT molecular complexity index is 1250. The number of hydrogen-bond acceptors (Lipinski definition) is 3. The van der Waals surface area contributed by atoms with Gasteiger partial charge in [0.15, 0.2) is 0 Å². The van der Waals surface area contributed by atoms with Gasteiger partial charge in [-0.3, -0.25) is 4.79 Å². The molecule has 202 valence electrons. The molecule has 0 unspecified atom stereocenters. The summed E-state index contributed by atoms with van der Waals surface area (Å²) in [5.41, 5.74) is -5.48. The number of hydrogen-bond donors (Lipinski definition) is 1. The number of nitrogens with zero attached hydrogens (tertiary/aromatic N) is 1. The summed E-state index contributed by atoms with van der Waals surface area (Å²) in [6.45, 7) is 1.70. The molecule has 0 aromatic heterocycles. The fourth-order valence-corrected chi connectivity index (χ4v) is 4.59. The maximum atomic E-state index is 13.7. The third-order valence-electron chi connectivity index (χ3n) is 6.71. The van der Waals surface area contributed by atoms with Gasteiger partial charge in [-0.15, -0.1) is 0 Å². The van der Waals surface area contributed by atoms with Crippen LogP contribution in [-0.4, -0.2) is 36.0 Å². The highest BCUT2D eigenvalue weighted by atomic mass is 19.4. The number of benzene rings is 3. The highest BCUT2D eigenvalue weighted by Gasteiger charge is 2.71. The molecule has 1 amide bonds. The monoisotopic (exact) mass is 537 g/mol. The third-order valence-corrected chi connectivity index (χ3v) is 6.71. The zero-order chi connectivity index (χ0) is 27.7. The lowest BCUT2D eigenvalue weighted by Crippen LogP contribution is -2.54. The molecule has 0 aliphatic carbocycles. The van der Waals surface area contributed by atoms with Crippen molar-refractivity contribution in [1.82, 2.24) is 0 Å². The van der Waals surface area contributed by atoms with Gasteiger partial charge >= 0.3 is 12.4 Å². The maximum Gasteiger partial charge on any atom is 0.430 e. The van der Waals surface area contributed by atoms with E-state index in [2.05, 4.69) is 0 Å². The molecule has 0 radical (unpaired) electrons. The summed E-state index contributed by atoms with van der Waals surface area (Å²) in [6, 6.07) is 19.8. The molecule has 1 aliphatic heterocycles. The van der Waals surface area contributed by atoms with Gasteiger partial charge in [0.1, 0.15) is 11.9 Å². The average molecular weight is 538 g/mol. The topological polar surface area (TPSA) is 49.8 Å². The van der Waals surface area contributed by atoms with Gasteiger partial charge in [-0.25, -0.2) is 0 Å². The molecule has 3 aromatic rings. The molecular formula is C28H25F6NO3. The number of halogens is 6. The van der Waals surface area contributed by atoms with E-state index in [1.54, 1.807) is 67.6 Å². The van der Waals surface area contributed by atoms with Crippen LogP contribution in [0.2, 0.25) is 0 Å². The van der Waals surface area contributed by atoms with Gasteiger partial charge in [-0.2, -0.15) is 26.3 Å². The minimum Gasteiger partial charge on any atom is -0.489 e. The van der Waals surface area contributed by atoms with Crippen molar-refractivity contribution in [2.45, 2.75) is 49.7 Å². The standard InChI is InChI=1S/C28H25F6NO3/c1-18(19-8-4-2-5-9-19)25(36)35-17-23(38-22-10-6-3-7-11-22)14-12-20-16-21(13-15-24(20)35)26(37,27(29,30)31)28(32,33)34/h2-11,13,15-16,18,23,37H,12,14,17H2,1H3/t18-,23-/m1/s1. The Hall–Kier alpha value is -3.53. The lowest BCUT2D eigenvalue weighted by Gasteiger charge is -2.34. The van der Waals surface area contributed by atoms with E-state index in [0.717, 1.165) is 6.07 Å². The Morgan fingerprint density at radius 2 is 1.50 bits per heavy atom. The number of rotatable bonds is 5. The SMILES string of the molecule is C[C@@H](C(=O)N1C[C@H](Oc2ccccc2)CCc2cc(C(O)(C(F)(F)F)C(F)(F)F)ccc21)c1ccccc1. The van der Waals surface area contributed by atoms with E-state index >= 15 is 0 Å². The number of amides is 1. The summed E-state index contributed by atoms with van der Waals surface area (Å²) in [4.78, 5) is 15.0. The van der Waals surface area contributed by atoms with E-state index in [-0.39, 0.29) is 30.6 Å². The Morgan fingerprint density at radius 1 is 0.921 bits per heavy atom. The molecule has 1 aliphatic rings. The van der Waals surface area contributed by atoms with E-state index in [0.29, 0.717) is 23.4 Å². The molecule has 1 heterocycles. The quantitative estimate of drug-likeness (QED) is 0.377. The second-order valence-electron chi connectivity index (χ2n) is 9.22. The Kier molecular flexibility index (Phi) is 7.47. The van der Waals surface area contributed by atoms with Crippen molar-refractivity contribution in [1.29, 1.82) is 0 Å². The van der Waals surface area contributed by atoms with Crippen molar-refractivity contribution in [3.8, 4) is 5.75 Å². The number of ether oxygens (including phenoxy) is 1. The van der Waals surface area contributed by atoms with E-state index in [1.807, 2.05) is 0 Å². The van der Waals surface area contributed by atoms with Crippen molar-refractivity contribution < 1.29 is 41.0 Å². The first-order chi connectivity index (χ1) is 17.8. The number of fused-ring (bicyclic) bond motifs is 1. The Balaban J connectivity index is 1.77. The molecule has 1 N–H and O–H groups in total. The fraction of sp³-hybridized carbons (Fsp3) is 0.321. The first-order valence-electron chi connectivity index (χ1n) is 11.9. The molecule has 4 nitrogen and oxygen atoms in total. The van der Waals surface area contributed by atoms with Crippen molar-refractivity contribution in [2.24, 2.45) is 0 Å². The summed E-state index contributed by atoms with van der Waals surface area (Å²) in [5.74, 6) is -0.534. The van der Waals surface area contributed by atoms with Crippen LogP contribution in [0.1, 0.15) is 36.0 Å². The minimum absolute atomic E-state index is 0.0238. The summed E-state index contributed by atoms with van der Waals surface area (Å²) >= 11 is 0. The Morgan fingerprint density at radius 3 is 2.08 bits per heavy atom. The third kappa shape index (κ3) is 5.22. The molecule has 3 aromatic carbocycles. The zero-order valence-corrected chi connectivity index (χ0v) is 20.3. The first-order valence-corrected chi connectivity index (χ1v) is 11.9. The highest BCUT2D eigenvalue weighted by molar-refractivity contribution is 5.98. The molecule has 0 bridgehead atoms. The molecule has 0 fully saturated rings. The predicted octanol–water partition coefficient (Wildman–Crippen LogP) is 6.53. The van der Waals surface area contributed by atoms with Crippen LogP contribution in [0.3, 0.4) is 0 Å². The summed E-state index contributed by atoms with van der Waals surface area (Å²) in [6.07, 6.45) is -12.4. The van der Waals surface area contributed by atoms with Crippen LogP contribution in [0.4, 0.5) is 32.0 Å². The average Bonchev–Trinajstić information content (AvgIpc) is 3.06. The Labute approximate surface area is 215 Å². The van der Waals surface area contributed by atoms with Gasteiger partial charge in [-0.05, 0) is 49.1 Å². The summed E-state index contributed by atoms with van der Waals surface area (Å²) < 4.78 is 87.3. The normalized spacial score (nSPS) is 17.4. The smallest absolute Gasteiger partial charge is 0.430 e. The number of alkyl halides is 6. The van der Waals surface area contributed by atoms with Crippen LogP contribution in [-0.2, 0) is 16.8 Å². The van der Waals surface area contributed by atoms with Gasteiger partial charge in [0.05, 0.1) is 12.5 Å². The van der Waals surface area contributed by atoms with Crippen LogP contribution in [0.15, 0.2) is 78.9 Å². The number of anilines is 1. The van der Waals surface area contributed by atoms with Gasteiger partial charge in [-0.1, -0.05) is 60.7 Å². The van der Waals surface area contributed by atoms with Crippen LogP contribution in [0, 0.1) is 0 Å². The van der Waals surface area contributed by atoms with Crippen molar-refractivity contribution >= 4 is 11.6 Å². The number of carbonyl (C=O) groups excluding carboxylic acids is 1. The van der Waals surface area contributed by atoms with E-state index in [1.165, 1.54) is 4.90 Å².